The predicted molar refractivity (Wildman–Crippen MR) is 125 cm³/mol. The average molecular weight is 487 g/mol. The lowest BCUT2D eigenvalue weighted by Crippen LogP contribution is -2.37. The van der Waals surface area contributed by atoms with Crippen molar-refractivity contribution in [3.63, 3.8) is 0 Å². The SMILES string of the molecule is Cc1nc(-c2ccc(C(F)(F)F)cc2)sc1C(=O)N(Cc1nc2ccccc2c(=O)[nH]1)C(C)C. The zero-order chi connectivity index (χ0) is 24.6. The van der Waals surface area contributed by atoms with Crippen LogP contribution < -0.4 is 5.56 Å². The van der Waals surface area contributed by atoms with Crippen LogP contribution in [0, 0.1) is 6.92 Å². The standard InChI is InChI=1S/C24H21F3N4O2S/c1-13(2)31(12-19-29-18-7-5-4-6-17(18)21(32)30-19)23(33)20-14(3)28-22(34-20)15-8-10-16(11-9-15)24(25,26)27/h4-11,13H,12H2,1-3H3,(H,29,30,32). The first-order chi connectivity index (χ1) is 16.0. The number of aryl methyl sites for hydroxylation is 1. The van der Waals surface area contributed by atoms with Crippen LogP contribution in [0.3, 0.4) is 0 Å². The van der Waals surface area contributed by atoms with Crippen LogP contribution in [-0.4, -0.2) is 31.8 Å². The number of aromatic amines is 1. The number of nitrogens with one attached hydrogen (secondary N) is 1. The van der Waals surface area contributed by atoms with E-state index in [9.17, 15) is 22.8 Å². The van der Waals surface area contributed by atoms with E-state index in [1.54, 1.807) is 36.1 Å². The molecule has 0 radical (unpaired) electrons. The number of carbonyl (C=O) groups excluding carboxylic acids is 1. The van der Waals surface area contributed by atoms with Gasteiger partial charge in [0.2, 0.25) is 0 Å². The summed E-state index contributed by atoms with van der Waals surface area (Å²) < 4.78 is 38.6. The molecule has 4 rings (SSSR count). The Balaban J connectivity index is 1.63. The summed E-state index contributed by atoms with van der Waals surface area (Å²) >= 11 is 1.12. The second-order valence-corrected chi connectivity index (χ2v) is 9.06. The molecule has 1 N–H and O–H groups in total. The summed E-state index contributed by atoms with van der Waals surface area (Å²) in [4.78, 5) is 39.4. The van der Waals surface area contributed by atoms with Crippen LogP contribution in [-0.2, 0) is 12.7 Å². The van der Waals surface area contributed by atoms with E-state index in [1.165, 1.54) is 12.1 Å². The van der Waals surface area contributed by atoms with Crippen LogP contribution in [0.15, 0.2) is 53.3 Å². The van der Waals surface area contributed by atoms with Crippen LogP contribution in [0.2, 0.25) is 0 Å². The maximum Gasteiger partial charge on any atom is 0.416 e. The van der Waals surface area contributed by atoms with Gasteiger partial charge >= 0.3 is 6.18 Å². The maximum atomic E-state index is 13.4. The van der Waals surface area contributed by atoms with E-state index in [0.717, 1.165) is 23.5 Å². The van der Waals surface area contributed by atoms with Gasteiger partial charge in [-0.15, -0.1) is 11.3 Å². The van der Waals surface area contributed by atoms with Crippen molar-refractivity contribution in [1.82, 2.24) is 19.9 Å². The fourth-order valence-electron chi connectivity index (χ4n) is 3.51. The highest BCUT2D eigenvalue weighted by Gasteiger charge is 2.30. The minimum atomic E-state index is -4.42. The molecule has 0 saturated heterocycles. The van der Waals surface area contributed by atoms with Crippen LogP contribution in [0.4, 0.5) is 13.2 Å². The zero-order valence-corrected chi connectivity index (χ0v) is 19.4. The van der Waals surface area contributed by atoms with Crippen molar-refractivity contribution in [1.29, 1.82) is 0 Å². The van der Waals surface area contributed by atoms with Crippen molar-refractivity contribution in [3.05, 3.63) is 80.8 Å². The highest BCUT2D eigenvalue weighted by molar-refractivity contribution is 7.17. The van der Waals surface area contributed by atoms with Gasteiger partial charge < -0.3 is 9.88 Å². The summed E-state index contributed by atoms with van der Waals surface area (Å²) in [7, 11) is 0. The number of carbonyl (C=O) groups is 1. The van der Waals surface area contributed by atoms with E-state index in [0.29, 0.717) is 37.9 Å². The number of alkyl halides is 3. The van der Waals surface area contributed by atoms with E-state index in [-0.39, 0.29) is 24.1 Å². The van der Waals surface area contributed by atoms with Crippen molar-refractivity contribution < 1.29 is 18.0 Å². The predicted octanol–water partition coefficient (Wildman–Crippen LogP) is 5.42. The number of hydrogen-bond acceptors (Lipinski definition) is 5. The summed E-state index contributed by atoms with van der Waals surface area (Å²) in [5.74, 6) is 0.0647. The fraction of sp³-hybridized carbons (Fsp3) is 0.250. The van der Waals surface area contributed by atoms with Gasteiger partial charge in [-0.25, -0.2) is 9.97 Å². The molecule has 0 aliphatic heterocycles. The molecule has 0 atom stereocenters. The number of para-hydroxylation sites is 1. The molecule has 2 aromatic heterocycles. The monoisotopic (exact) mass is 486 g/mol. The third-order valence-electron chi connectivity index (χ3n) is 5.32. The van der Waals surface area contributed by atoms with Crippen LogP contribution in [0.1, 0.15) is 40.6 Å². The van der Waals surface area contributed by atoms with Gasteiger partial charge in [-0.1, -0.05) is 24.3 Å². The van der Waals surface area contributed by atoms with Crippen LogP contribution >= 0.6 is 11.3 Å². The number of thiazole rings is 1. The molecular weight excluding hydrogens is 465 g/mol. The first-order valence-corrected chi connectivity index (χ1v) is 11.3. The number of rotatable bonds is 5. The lowest BCUT2D eigenvalue weighted by atomic mass is 10.1. The van der Waals surface area contributed by atoms with Crippen molar-refractivity contribution in [3.8, 4) is 10.6 Å². The number of H-pyrrole nitrogens is 1. The molecule has 4 aromatic rings. The van der Waals surface area contributed by atoms with Gasteiger partial charge in [-0.2, -0.15) is 13.2 Å². The number of hydrogen-bond donors (Lipinski definition) is 1. The molecule has 6 nitrogen and oxygen atoms in total. The van der Waals surface area contributed by atoms with E-state index in [2.05, 4.69) is 15.0 Å². The Hall–Kier alpha value is -3.53. The van der Waals surface area contributed by atoms with Gasteiger partial charge in [0.15, 0.2) is 0 Å². The number of aromatic nitrogens is 3. The smallest absolute Gasteiger partial charge is 0.328 e. The molecule has 0 bridgehead atoms. The Kier molecular flexibility index (Phi) is 6.26. The molecule has 0 saturated carbocycles. The topological polar surface area (TPSA) is 79.0 Å². The molecular formula is C24H21F3N4O2S. The summed E-state index contributed by atoms with van der Waals surface area (Å²) in [6.07, 6.45) is -4.42. The second kappa shape index (κ2) is 9.02. The quantitative estimate of drug-likeness (QED) is 0.408. The van der Waals surface area contributed by atoms with Gasteiger partial charge in [-0.05, 0) is 45.0 Å². The van der Waals surface area contributed by atoms with E-state index >= 15 is 0 Å². The van der Waals surface area contributed by atoms with E-state index in [4.69, 9.17) is 0 Å². The van der Waals surface area contributed by atoms with E-state index in [1.807, 2.05) is 13.8 Å². The normalized spacial score (nSPS) is 11.9. The molecule has 34 heavy (non-hydrogen) atoms. The Morgan fingerprint density at radius 3 is 2.41 bits per heavy atom. The largest absolute Gasteiger partial charge is 0.416 e. The molecule has 0 aliphatic carbocycles. The summed E-state index contributed by atoms with van der Waals surface area (Å²) in [6, 6.07) is 11.4. The highest BCUT2D eigenvalue weighted by atomic mass is 32.1. The maximum absolute atomic E-state index is 13.4. The fourth-order valence-corrected chi connectivity index (χ4v) is 4.54. The van der Waals surface area contributed by atoms with Crippen molar-refractivity contribution in [2.45, 2.75) is 39.5 Å². The van der Waals surface area contributed by atoms with Crippen molar-refractivity contribution in [2.24, 2.45) is 0 Å². The summed E-state index contributed by atoms with van der Waals surface area (Å²) in [6.45, 7) is 5.48. The van der Waals surface area contributed by atoms with Crippen LogP contribution in [0.25, 0.3) is 21.5 Å². The number of nitrogens with zero attached hydrogens (tertiary/aromatic N) is 3. The van der Waals surface area contributed by atoms with Gasteiger partial charge in [0.05, 0.1) is 28.7 Å². The first-order valence-electron chi connectivity index (χ1n) is 10.5. The number of fused-ring (bicyclic) bond motifs is 1. The molecule has 0 unspecified atom stereocenters. The van der Waals surface area contributed by atoms with Crippen molar-refractivity contribution >= 4 is 28.1 Å². The Bertz CT molecular complexity index is 1410. The molecule has 0 spiro atoms. The van der Waals surface area contributed by atoms with E-state index < -0.39 is 11.7 Å². The first kappa shape index (κ1) is 23.6. The third-order valence-corrected chi connectivity index (χ3v) is 6.51. The second-order valence-electron chi connectivity index (χ2n) is 8.07. The summed E-state index contributed by atoms with van der Waals surface area (Å²) in [5, 5.41) is 0.920. The Morgan fingerprint density at radius 2 is 1.76 bits per heavy atom. The minimum Gasteiger partial charge on any atom is -0.328 e. The van der Waals surface area contributed by atoms with Gasteiger partial charge in [0, 0.05) is 11.6 Å². The highest BCUT2D eigenvalue weighted by Crippen LogP contribution is 2.33. The number of amides is 1. The molecule has 2 heterocycles. The molecule has 1 amide bonds. The lowest BCUT2D eigenvalue weighted by molar-refractivity contribution is -0.137. The number of benzene rings is 2. The number of halogens is 3. The van der Waals surface area contributed by atoms with Gasteiger partial charge in [-0.3, -0.25) is 9.59 Å². The van der Waals surface area contributed by atoms with Crippen molar-refractivity contribution in [2.75, 3.05) is 0 Å². The third kappa shape index (κ3) is 4.72. The zero-order valence-electron chi connectivity index (χ0n) is 18.6. The Labute approximate surface area is 197 Å². The molecule has 2 aromatic carbocycles. The van der Waals surface area contributed by atoms with Gasteiger partial charge in [0.25, 0.3) is 11.5 Å². The average Bonchev–Trinajstić information content (AvgIpc) is 3.18. The lowest BCUT2D eigenvalue weighted by Gasteiger charge is -2.26. The minimum absolute atomic E-state index is 0.0868. The molecule has 0 fully saturated rings. The van der Waals surface area contributed by atoms with Crippen LogP contribution in [0.5, 0.6) is 0 Å². The molecule has 0 aliphatic rings. The molecule has 176 valence electrons. The molecule has 10 heteroatoms. The van der Waals surface area contributed by atoms with Gasteiger partial charge in [0.1, 0.15) is 15.7 Å². The Morgan fingerprint density at radius 1 is 1.09 bits per heavy atom. The summed E-state index contributed by atoms with van der Waals surface area (Å²) in [5.41, 5.74) is 0.488.